The largest absolute Gasteiger partial charge is 0.307 e. The first-order chi connectivity index (χ1) is 7.56. The van der Waals surface area contributed by atoms with E-state index in [2.05, 4.69) is 19.2 Å². The van der Waals surface area contributed by atoms with Crippen LogP contribution in [0.1, 0.15) is 38.3 Å². The molecular formula is C13H17Cl2N. The van der Waals surface area contributed by atoms with Crippen molar-refractivity contribution >= 4 is 23.2 Å². The van der Waals surface area contributed by atoms with Crippen LogP contribution in [0, 0.1) is 5.92 Å². The molecule has 1 atom stereocenters. The van der Waals surface area contributed by atoms with Gasteiger partial charge in [0.1, 0.15) is 0 Å². The molecule has 0 amide bonds. The minimum atomic E-state index is 0.340. The zero-order valence-corrected chi connectivity index (χ0v) is 11.1. The summed E-state index contributed by atoms with van der Waals surface area (Å²) in [6, 6.07) is 6.85. The van der Waals surface area contributed by atoms with Gasteiger partial charge in [-0.1, -0.05) is 36.2 Å². The summed E-state index contributed by atoms with van der Waals surface area (Å²) in [7, 11) is 0. The minimum Gasteiger partial charge on any atom is -0.307 e. The van der Waals surface area contributed by atoms with E-state index < -0.39 is 0 Å². The van der Waals surface area contributed by atoms with Gasteiger partial charge in [-0.15, -0.1) is 0 Å². The van der Waals surface area contributed by atoms with Crippen LogP contribution < -0.4 is 5.32 Å². The zero-order valence-electron chi connectivity index (χ0n) is 9.63. The number of rotatable bonds is 3. The van der Waals surface area contributed by atoms with Gasteiger partial charge in [0, 0.05) is 12.1 Å². The minimum absolute atomic E-state index is 0.340. The molecule has 1 fully saturated rings. The van der Waals surface area contributed by atoms with Gasteiger partial charge in [0.25, 0.3) is 0 Å². The molecule has 1 saturated carbocycles. The molecule has 1 unspecified atom stereocenters. The Morgan fingerprint density at radius 1 is 1.25 bits per heavy atom. The van der Waals surface area contributed by atoms with Crippen molar-refractivity contribution in [2.24, 2.45) is 5.92 Å². The zero-order chi connectivity index (χ0) is 11.7. The van der Waals surface area contributed by atoms with Crippen LogP contribution in [0.15, 0.2) is 18.2 Å². The van der Waals surface area contributed by atoms with Crippen LogP contribution in [0.3, 0.4) is 0 Å². The van der Waals surface area contributed by atoms with Crippen LogP contribution in [0.5, 0.6) is 0 Å². The van der Waals surface area contributed by atoms with E-state index in [0.717, 1.165) is 5.92 Å². The average molecular weight is 258 g/mol. The maximum Gasteiger partial charge on any atom is 0.0595 e. The molecule has 2 rings (SSSR count). The molecule has 1 aliphatic carbocycles. The number of hydrogen-bond acceptors (Lipinski definition) is 1. The summed E-state index contributed by atoms with van der Waals surface area (Å²) in [5.74, 6) is 0.874. The van der Waals surface area contributed by atoms with E-state index in [9.17, 15) is 0 Å². The van der Waals surface area contributed by atoms with E-state index in [0.29, 0.717) is 22.1 Å². The summed E-state index contributed by atoms with van der Waals surface area (Å²) < 4.78 is 0. The van der Waals surface area contributed by atoms with Gasteiger partial charge in [0.2, 0.25) is 0 Å². The Bertz CT molecular complexity index is 372. The third-order valence-corrected chi connectivity index (χ3v) is 4.04. The van der Waals surface area contributed by atoms with Gasteiger partial charge in [-0.2, -0.15) is 0 Å². The molecule has 0 radical (unpaired) electrons. The molecule has 3 heteroatoms. The summed E-state index contributed by atoms with van der Waals surface area (Å²) in [4.78, 5) is 0. The highest BCUT2D eigenvalue weighted by atomic mass is 35.5. The quantitative estimate of drug-likeness (QED) is 0.844. The molecule has 1 aromatic carbocycles. The summed E-state index contributed by atoms with van der Waals surface area (Å²) in [6.07, 6.45) is 2.57. The van der Waals surface area contributed by atoms with Crippen LogP contribution in [0.4, 0.5) is 0 Å². The molecule has 0 spiro atoms. The third kappa shape index (κ3) is 2.71. The van der Waals surface area contributed by atoms with E-state index in [4.69, 9.17) is 23.2 Å². The molecule has 1 nitrogen and oxygen atoms in total. The fourth-order valence-electron chi connectivity index (χ4n) is 2.27. The summed E-state index contributed by atoms with van der Waals surface area (Å²) in [6.45, 7) is 4.46. The lowest BCUT2D eigenvalue weighted by molar-refractivity contribution is 0.226. The lowest BCUT2D eigenvalue weighted by atomic mass is 9.81. The highest BCUT2D eigenvalue weighted by molar-refractivity contribution is 6.42. The van der Waals surface area contributed by atoms with Crippen molar-refractivity contribution in [2.75, 3.05) is 0 Å². The maximum atomic E-state index is 6.01. The van der Waals surface area contributed by atoms with E-state index >= 15 is 0 Å². The number of nitrogens with one attached hydrogen (secondary N) is 1. The summed E-state index contributed by atoms with van der Waals surface area (Å²) >= 11 is 11.9. The van der Waals surface area contributed by atoms with Crippen LogP contribution >= 0.6 is 23.2 Å². The third-order valence-electron chi connectivity index (χ3n) is 3.30. The molecule has 0 aromatic heterocycles. The van der Waals surface area contributed by atoms with Gasteiger partial charge in [-0.3, -0.25) is 0 Å². The molecule has 1 aromatic rings. The van der Waals surface area contributed by atoms with Gasteiger partial charge in [-0.05, 0) is 43.4 Å². The fourth-order valence-corrected chi connectivity index (χ4v) is 2.58. The van der Waals surface area contributed by atoms with Crippen LogP contribution in [-0.4, -0.2) is 6.04 Å². The predicted octanol–water partition coefficient (Wildman–Crippen LogP) is 4.44. The highest BCUT2D eigenvalue weighted by Crippen LogP contribution is 2.30. The average Bonchev–Trinajstić information content (AvgIpc) is 2.19. The van der Waals surface area contributed by atoms with Crippen molar-refractivity contribution in [3.63, 3.8) is 0 Å². The first-order valence-corrected chi connectivity index (χ1v) is 6.53. The first-order valence-electron chi connectivity index (χ1n) is 5.77. The second-order valence-corrected chi connectivity index (χ2v) is 5.65. The van der Waals surface area contributed by atoms with E-state index in [-0.39, 0.29) is 0 Å². The van der Waals surface area contributed by atoms with Gasteiger partial charge >= 0.3 is 0 Å². The van der Waals surface area contributed by atoms with Gasteiger partial charge < -0.3 is 5.32 Å². The molecule has 88 valence electrons. The standard InChI is InChI=1S/C13H17Cl2N/c1-8-5-11(6-8)16-9(2)10-3-4-12(14)13(15)7-10/h3-4,7-9,11,16H,5-6H2,1-2H3. The molecule has 0 bridgehead atoms. The van der Waals surface area contributed by atoms with Crippen LogP contribution in [-0.2, 0) is 0 Å². The van der Waals surface area contributed by atoms with E-state index in [1.165, 1.54) is 18.4 Å². The monoisotopic (exact) mass is 257 g/mol. The fraction of sp³-hybridized carbons (Fsp3) is 0.538. The second kappa shape index (κ2) is 4.95. The van der Waals surface area contributed by atoms with Crippen LogP contribution in [0.25, 0.3) is 0 Å². The van der Waals surface area contributed by atoms with Crippen molar-refractivity contribution in [3.8, 4) is 0 Å². The van der Waals surface area contributed by atoms with Gasteiger partial charge in [0.05, 0.1) is 10.0 Å². The molecule has 1 aliphatic rings. The Balaban J connectivity index is 1.97. The summed E-state index contributed by atoms with van der Waals surface area (Å²) in [5.41, 5.74) is 1.20. The van der Waals surface area contributed by atoms with Crippen molar-refractivity contribution in [3.05, 3.63) is 33.8 Å². The molecule has 0 heterocycles. The Hall–Kier alpha value is -0.240. The van der Waals surface area contributed by atoms with E-state index in [1.807, 2.05) is 18.2 Å². The number of halogens is 2. The lowest BCUT2D eigenvalue weighted by Crippen LogP contribution is -2.41. The van der Waals surface area contributed by atoms with E-state index in [1.54, 1.807) is 0 Å². The maximum absolute atomic E-state index is 6.01. The predicted molar refractivity (Wildman–Crippen MR) is 70.2 cm³/mol. The Kier molecular flexibility index (Phi) is 3.78. The Labute approximate surface area is 107 Å². The second-order valence-electron chi connectivity index (χ2n) is 4.84. The SMILES string of the molecule is CC1CC(NC(C)c2ccc(Cl)c(Cl)c2)C1. The summed E-state index contributed by atoms with van der Waals surface area (Å²) in [5, 5.41) is 4.86. The van der Waals surface area contributed by atoms with Crippen molar-refractivity contribution < 1.29 is 0 Å². The van der Waals surface area contributed by atoms with Gasteiger partial charge in [0.15, 0.2) is 0 Å². The smallest absolute Gasteiger partial charge is 0.0595 e. The Morgan fingerprint density at radius 2 is 1.94 bits per heavy atom. The molecular weight excluding hydrogens is 241 g/mol. The lowest BCUT2D eigenvalue weighted by Gasteiger charge is -2.35. The number of benzene rings is 1. The molecule has 0 saturated heterocycles. The molecule has 16 heavy (non-hydrogen) atoms. The van der Waals surface area contributed by atoms with Crippen molar-refractivity contribution in [1.29, 1.82) is 0 Å². The Morgan fingerprint density at radius 3 is 2.50 bits per heavy atom. The van der Waals surface area contributed by atoms with Crippen molar-refractivity contribution in [1.82, 2.24) is 5.32 Å². The van der Waals surface area contributed by atoms with Gasteiger partial charge in [-0.25, -0.2) is 0 Å². The highest BCUT2D eigenvalue weighted by Gasteiger charge is 2.26. The first kappa shape index (κ1) is 12.2. The number of hydrogen-bond donors (Lipinski definition) is 1. The molecule has 0 aliphatic heterocycles. The van der Waals surface area contributed by atoms with Crippen LogP contribution in [0.2, 0.25) is 10.0 Å². The molecule has 1 N–H and O–H groups in total. The normalized spacial score (nSPS) is 26.2. The topological polar surface area (TPSA) is 12.0 Å². The van der Waals surface area contributed by atoms with Crippen molar-refractivity contribution in [2.45, 2.75) is 38.8 Å².